The van der Waals surface area contributed by atoms with Crippen LogP contribution in [0.4, 0.5) is 4.39 Å². The van der Waals surface area contributed by atoms with Gasteiger partial charge in [-0.3, -0.25) is 9.78 Å². The maximum Gasteiger partial charge on any atom is 0.253 e. The first kappa shape index (κ1) is 17.4. The van der Waals surface area contributed by atoms with Crippen molar-refractivity contribution in [3.8, 4) is 5.75 Å². The van der Waals surface area contributed by atoms with E-state index in [1.807, 2.05) is 24.3 Å². The molecule has 1 aromatic heterocycles. The van der Waals surface area contributed by atoms with E-state index in [-0.39, 0.29) is 17.5 Å². The molecule has 1 aromatic carbocycles. The van der Waals surface area contributed by atoms with Crippen molar-refractivity contribution in [2.75, 3.05) is 26.7 Å². The number of pyridine rings is 1. The van der Waals surface area contributed by atoms with Crippen LogP contribution in [-0.2, 0) is 0 Å². The summed E-state index contributed by atoms with van der Waals surface area (Å²) in [6, 6.07) is 8.67. The maximum absolute atomic E-state index is 13.3. The molecule has 1 aliphatic rings. The van der Waals surface area contributed by atoms with E-state index in [1.54, 1.807) is 7.11 Å². The van der Waals surface area contributed by atoms with Crippen molar-refractivity contribution < 1.29 is 13.9 Å². The Bertz CT molecular complexity index is 715. The van der Waals surface area contributed by atoms with Crippen molar-refractivity contribution >= 4 is 5.91 Å². The van der Waals surface area contributed by atoms with Gasteiger partial charge in [0.25, 0.3) is 5.91 Å². The Morgan fingerprint density at radius 1 is 1.28 bits per heavy atom. The molecule has 25 heavy (non-hydrogen) atoms. The summed E-state index contributed by atoms with van der Waals surface area (Å²) in [5.74, 6) is -0.0791. The molecule has 132 valence electrons. The molecular weight excluding hydrogens is 321 g/mol. The molecule has 0 aliphatic carbocycles. The lowest BCUT2D eigenvalue weighted by atomic mass is 10.1. The third-order valence-electron chi connectivity index (χ3n) is 4.43. The van der Waals surface area contributed by atoms with Crippen LogP contribution in [0.25, 0.3) is 0 Å². The number of amides is 1. The van der Waals surface area contributed by atoms with Crippen molar-refractivity contribution in [3.05, 3.63) is 59.7 Å². The lowest BCUT2D eigenvalue weighted by molar-refractivity contribution is 0.0926. The molecule has 2 aromatic rings. The molecule has 6 heteroatoms. The lowest BCUT2D eigenvalue weighted by Crippen LogP contribution is -2.37. The molecule has 5 nitrogen and oxygen atoms in total. The quantitative estimate of drug-likeness (QED) is 0.876. The number of hydrogen-bond donors (Lipinski definition) is 1. The van der Waals surface area contributed by atoms with Crippen molar-refractivity contribution in [2.45, 2.75) is 18.9 Å². The Balaban J connectivity index is 1.78. The molecule has 1 aliphatic heterocycles. The average molecular weight is 343 g/mol. The van der Waals surface area contributed by atoms with Crippen LogP contribution in [0.2, 0.25) is 0 Å². The predicted molar refractivity (Wildman–Crippen MR) is 93.1 cm³/mol. The Hall–Kier alpha value is -2.47. The van der Waals surface area contributed by atoms with Crippen LogP contribution in [0.1, 0.15) is 34.8 Å². The van der Waals surface area contributed by atoms with Gasteiger partial charge in [0.1, 0.15) is 11.6 Å². The van der Waals surface area contributed by atoms with Crippen molar-refractivity contribution in [1.82, 2.24) is 15.2 Å². The zero-order valence-electron chi connectivity index (χ0n) is 14.2. The highest BCUT2D eigenvalue weighted by Gasteiger charge is 2.21. The number of benzene rings is 1. The van der Waals surface area contributed by atoms with E-state index in [0.717, 1.165) is 37.1 Å². The zero-order valence-corrected chi connectivity index (χ0v) is 14.2. The Morgan fingerprint density at radius 2 is 2.00 bits per heavy atom. The first-order valence-electron chi connectivity index (χ1n) is 8.43. The molecule has 1 saturated heterocycles. The topological polar surface area (TPSA) is 54.5 Å². The van der Waals surface area contributed by atoms with Crippen molar-refractivity contribution in [1.29, 1.82) is 0 Å². The second-order valence-electron chi connectivity index (χ2n) is 6.20. The highest BCUT2D eigenvalue weighted by molar-refractivity contribution is 5.94. The van der Waals surface area contributed by atoms with E-state index < -0.39 is 5.82 Å². The van der Waals surface area contributed by atoms with Gasteiger partial charge in [-0.05, 0) is 49.7 Å². The van der Waals surface area contributed by atoms with Crippen LogP contribution in [0, 0.1) is 5.82 Å². The van der Waals surface area contributed by atoms with E-state index in [9.17, 15) is 9.18 Å². The number of nitrogens with one attached hydrogen (secondary N) is 1. The number of methoxy groups -OCH3 is 1. The zero-order chi connectivity index (χ0) is 17.6. The van der Waals surface area contributed by atoms with Gasteiger partial charge in [0.15, 0.2) is 0 Å². The third kappa shape index (κ3) is 4.54. The minimum absolute atomic E-state index is 0.181. The van der Waals surface area contributed by atoms with Gasteiger partial charge in [-0.25, -0.2) is 4.39 Å². The fourth-order valence-corrected chi connectivity index (χ4v) is 3.07. The van der Waals surface area contributed by atoms with Crippen LogP contribution >= 0.6 is 0 Å². The largest absolute Gasteiger partial charge is 0.497 e. The van der Waals surface area contributed by atoms with Gasteiger partial charge in [-0.15, -0.1) is 0 Å². The SMILES string of the molecule is COc1ccc(C(CN2CCCC2)NC(=O)c2cncc(F)c2)cc1. The van der Waals surface area contributed by atoms with Crippen LogP contribution < -0.4 is 10.1 Å². The van der Waals surface area contributed by atoms with Crippen molar-refractivity contribution in [2.24, 2.45) is 0 Å². The number of ether oxygens (including phenoxy) is 1. The molecule has 1 atom stereocenters. The number of carbonyl (C=O) groups is 1. The number of rotatable bonds is 6. The summed E-state index contributed by atoms with van der Waals surface area (Å²) in [5, 5.41) is 3.01. The number of aromatic nitrogens is 1. The van der Waals surface area contributed by atoms with Gasteiger partial charge in [-0.1, -0.05) is 12.1 Å². The highest BCUT2D eigenvalue weighted by Crippen LogP contribution is 2.21. The number of hydrogen-bond acceptors (Lipinski definition) is 4. The standard InChI is InChI=1S/C19H22FN3O2/c1-25-17-6-4-14(5-7-17)18(13-23-8-2-3-9-23)22-19(24)15-10-16(20)12-21-11-15/h4-7,10-12,18H,2-3,8-9,13H2,1H3,(H,22,24). The normalized spacial score (nSPS) is 15.8. The second-order valence-corrected chi connectivity index (χ2v) is 6.20. The summed E-state index contributed by atoms with van der Waals surface area (Å²) >= 11 is 0. The monoisotopic (exact) mass is 343 g/mol. The molecule has 1 unspecified atom stereocenters. The van der Waals surface area contributed by atoms with Crippen LogP contribution in [0.15, 0.2) is 42.7 Å². The van der Waals surface area contributed by atoms with E-state index in [1.165, 1.54) is 25.1 Å². The summed E-state index contributed by atoms with van der Waals surface area (Å²) in [5.41, 5.74) is 1.21. The minimum Gasteiger partial charge on any atom is -0.497 e. The highest BCUT2D eigenvalue weighted by atomic mass is 19.1. The Morgan fingerprint density at radius 3 is 2.64 bits per heavy atom. The van der Waals surface area contributed by atoms with E-state index in [2.05, 4.69) is 15.2 Å². The van der Waals surface area contributed by atoms with E-state index in [4.69, 9.17) is 4.74 Å². The van der Waals surface area contributed by atoms with Gasteiger partial charge in [0.05, 0.1) is 24.9 Å². The summed E-state index contributed by atoms with van der Waals surface area (Å²) in [4.78, 5) is 18.6. The summed E-state index contributed by atoms with van der Waals surface area (Å²) in [7, 11) is 1.62. The van der Waals surface area contributed by atoms with Crippen LogP contribution in [-0.4, -0.2) is 42.5 Å². The molecule has 0 spiro atoms. The van der Waals surface area contributed by atoms with E-state index in [0.29, 0.717) is 0 Å². The first-order valence-corrected chi connectivity index (χ1v) is 8.43. The first-order chi connectivity index (χ1) is 12.2. The van der Waals surface area contributed by atoms with Gasteiger partial charge in [-0.2, -0.15) is 0 Å². The minimum atomic E-state index is -0.520. The van der Waals surface area contributed by atoms with Crippen LogP contribution in [0.3, 0.4) is 0 Å². The summed E-state index contributed by atoms with van der Waals surface area (Å²) < 4.78 is 18.5. The number of carbonyl (C=O) groups excluding carboxylic acids is 1. The third-order valence-corrected chi connectivity index (χ3v) is 4.43. The average Bonchev–Trinajstić information content (AvgIpc) is 3.14. The second kappa shape index (κ2) is 8.07. The molecule has 1 amide bonds. The van der Waals surface area contributed by atoms with Gasteiger partial charge in [0, 0.05) is 12.7 Å². The lowest BCUT2D eigenvalue weighted by Gasteiger charge is -2.25. The molecule has 2 heterocycles. The summed E-state index contributed by atoms with van der Waals surface area (Å²) in [6.07, 6.45) is 4.81. The number of nitrogens with zero attached hydrogens (tertiary/aromatic N) is 2. The smallest absolute Gasteiger partial charge is 0.253 e. The fourth-order valence-electron chi connectivity index (χ4n) is 3.07. The van der Waals surface area contributed by atoms with E-state index >= 15 is 0 Å². The molecule has 3 rings (SSSR count). The molecular formula is C19H22FN3O2. The molecule has 0 bridgehead atoms. The number of halogens is 1. The Kier molecular flexibility index (Phi) is 5.60. The Labute approximate surface area is 146 Å². The van der Waals surface area contributed by atoms with Crippen molar-refractivity contribution in [3.63, 3.8) is 0 Å². The number of likely N-dealkylation sites (tertiary alicyclic amines) is 1. The maximum atomic E-state index is 13.3. The van der Waals surface area contributed by atoms with Gasteiger partial charge in [0.2, 0.25) is 0 Å². The molecule has 0 radical (unpaired) electrons. The molecule has 1 fully saturated rings. The van der Waals surface area contributed by atoms with Gasteiger partial charge >= 0.3 is 0 Å². The molecule has 0 saturated carbocycles. The van der Waals surface area contributed by atoms with Crippen LogP contribution in [0.5, 0.6) is 5.75 Å². The predicted octanol–water partition coefficient (Wildman–Crippen LogP) is 2.80. The summed E-state index contributed by atoms with van der Waals surface area (Å²) in [6.45, 7) is 2.79. The van der Waals surface area contributed by atoms with Gasteiger partial charge < -0.3 is 15.0 Å². The molecule has 1 N–H and O–H groups in total. The fraction of sp³-hybridized carbons (Fsp3) is 0.368.